The summed E-state index contributed by atoms with van der Waals surface area (Å²) in [4.78, 5) is 37.1. The molecule has 2 heterocycles. The first-order valence-corrected chi connectivity index (χ1v) is 12.3. The van der Waals surface area contributed by atoms with Crippen molar-refractivity contribution in [2.75, 3.05) is 13.2 Å². The van der Waals surface area contributed by atoms with Gasteiger partial charge in [0.2, 0.25) is 0 Å². The molecule has 0 aromatic rings. The number of esters is 3. The number of rotatable bonds is 11. The van der Waals surface area contributed by atoms with E-state index in [1.807, 2.05) is 27.7 Å². The van der Waals surface area contributed by atoms with E-state index in [4.69, 9.17) is 23.7 Å². The molecule has 3 rings (SSSR count). The van der Waals surface area contributed by atoms with E-state index in [0.29, 0.717) is 17.8 Å². The van der Waals surface area contributed by atoms with Crippen molar-refractivity contribution in [2.45, 2.75) is 90.8 Å². The second kappa shape index (κ2) is 10.7. The molecule has 1 aliphatic carbocycles. The van der Waals surface area contributed by atoms with Crippen LogP contribution in [0.4, 0.5) is 0 Å². The van der Waals surface area contributed by atoms with Crippen molar-refractivity contribution in [1.82, 2.24) is 0 Å². The Labute approximate surface area is 206 Å². The summed E-state index contributed by atoms with van der Waals surface area (Å²) in [6.45, 7) is 11.1. The zero-order valence-corrected chi connectivity index (χ0v) is 21.5. The molecule has 0 aromatic heterocycles. The fourth-order valence-electron chi connectivity index (χ4n) is 4.29. The fourth-order valence-corrected chi connectivity index (χ4v) is 4.29. The molecule has 9 nitrogen and oxygen atoms in total. The van der Waals surface area contributed by atoms with Crippen LogP contribution < -0.4 is 0 Å². The van der Waals surface area contributed by atoms with Crippen LogP contribution in [0.25, 0.3) is 0 Å². The molecule has 1 N–H and O–H groups in total. The minimum atomic E-state index is -1.19. The lowest BCUT2D eigenvalue weighted by molar-refractivity contribution is -0.186. The van der Waals surface area contributed by atoms with Gasteiger partial charge in [-0.3, -0.25) is 14.4 Å². The zero-order chi connectivity index (χ0) is 26.0. The van der Waals surface area contributed by atoms with E-state index in [9.17, 15) is 19.5 Å². The Kier molecular flexibility index (Phi) is 8.32. The maximum Gasteiger partial charge on any atom is 0.309 e. The van der Waals surface area contributed by atoms with Crippen LogP contribution in [-0.4, -0.2) is 59.8 Å². The summed E-state index contributed by atoms with van der Waals surface area (Å²) in [5.74, 6) is -1.52. The van der Waals surface area contributed by atoms with Gasteiger partial charge in [0.05, 0.1) is 30.8 Å². The fraction of sp³-hybridized carbons (Fsp3) is 0.731. The predicted octanol–water partition coefficient (Wildman–Crippen LogP) is 3.19. The molecule has 0 amide bonds. The molecule has 1 spiro atoms. The first-order valence-electron chi connectivity index (χ1n) is 12.3. The van der Waals surface area contributed by atoms with Gasteiger partial charge in [-0.05, 0) is 37.3 Å². The highest BCUT2D eigenvalue weighted by Crippen LogP contribution is 2.54. The van der Waals surface area contributed by atoms with Gasteiger partial charge in [0, 0.05) is 18.4 Å². The van der Waals surface area contributed by atoms with Crippen molar-refractivity contribution < 1.29 is 43.2 Å². The lowest BCUT2D eigenvalue weighted by Crippen LogP contribution is -2.45. The van der Waals surface area contributed by atoms with E-state index >= 15 is 0 Å². The monoisotopic (exact) mass is 494 g/mol. The number of hydrogen-bond donors (Lipinski definition) is 1. The minimum Gasteiger partial charge on any atom is -0.461 e. The smallest absolute Gasteiger partial charge is 0.309 e. The van der Waals surface area contributed by atoms with Crippen LogP contribution in [0, 0.1) is 17.8 Å². The van der Waals surface area contributed by atoms with Crippen molar-refractivity contribution in [1.29, 1.82) is 0 Å². The molecule has 0 bridgehead atoms. The van der Waals surface area contributed by atoms with Gasteiger partial charge in [0.1, 0.15) is 12.2 Å². The number of carbonyl (C=O) groups is 3. The molecule has 196 valence electrons. The van der Waals surface area contributed by atoms with E-state index in [-0.39, 0.29) is 43.7 Å². The van der Waals surface area contributed by atoms with Gasteiger partial charge in [-0.1, -0.05) is 34.1 Å². The normalized spacial score (nSPS) is 27.9. The Bertz CT molecular complexity index is 876. The second-order valence-electron chi connectivity index (χ2n) is 10.9. The van der Waals surface area contributed by atoms with Gasteiger partial charge in [-0.2, -0.15) is 0 Å². The first kappa shape index (κ1) is 27.2. The molecular weight excluding hydrogens is 456 g/mol. The van der Waals surface area contributed by atoms with Crippen molar-refractivity contribution in [3.63, 3.8) is 0 Å². The Morgan fingerprint density at radius 2 is 1.80 bits per heavy atom. The summed E-state index contributed by atoms with van der Waals surface area (Å²) in [6, 6.07) is 0. The maximum atomic E-state index is 12.6. The van der Waals surface area contributed by atoms with Crippen LogP contribution in [0.3, 0.4) is 0 Å². The van der Waals surface area contributed by atoms with Crippen LogP contribution in [0.15, 0.2) is 23.5 Å². The Hall–Kier alpha value is -2.39. The Morgan fingerprint density at radius 1 is 1.14 bits per heavy atom. The van der Waals surface area contributed by atoms with Crippen molar-refractivity contribution in [2.24, 2.45) is 17.8 Å². The number of ether oxygens (including phenoxy) is 5. The molecule has 2 aliphatic heterocycles. The molecule has 9 heteroatoms. The first-order chi connectivity index (χ1) is 16.3. The molecule has 0 aromatic carbocycles. The lowest BCUT2D eigenvalue weighted by atomic mass is 9.85. The summed E-state index contributed by atoms with van der Waals surface area (Å²) >= 11 is 0. The summed E-state index contributed by atoms with van der Waals surface area (Å²) in [6.07, 6.45) is 2.78. The average Bonchev–Trinajstić information content (AvgIpc) is 3.45. The van der Waals surface area contributed by atoms with Crippen LogP contribution in [0.2, 0.25) is 0 Å². The molecule has 1 fully saturated rings. The summed E-state index contributed by atoms with van der Waals surface area (Å²) in [5, 5.41) is 9.87. The molecular formula is C26H38O9. The largest absolute Gasteiger partial charge is 0.461 e. The Balaban J connectivity index is 1.80. The molecule has 0 radical (unpaired) electrons. The highest BCUT2D eigenvalue weighted by atomic mass is 16.7. The quantitative estimate of drug-likeness (QED) is 0.262. The highest BCUT2D eigenvalue weighted by Gasteiger charge is 2.68. The van der Waals surface area contributed by atoms with Crippen LogP contribution in [0.5, 0.6) is 0 Å². The third kappa shape index (κ3) is 6.85. The van der Waals surface area contributed by atoms with Crippen LogP contribution in [0.1, 0.15) is 67.2 Å². The van der Waals surface area contributed by atoms with Crippen molar-refractivity contribution in [3.05, 3.63) is 23.5 Å². The molecule has 1 saturated heterocycles. The van der Waals surface area contributed by atoms with E-state index in [2.05, 4.69) is 0 Å². The van der Waals surface area contributed by atoms with E-state index < -0.39 is 41.5 Å². The second-order valence-corrected chi connectivity index (χ2v) is 10.9. The van der Waals surface area contributed by atoms with E-state index in [0.717, 1.165) is 6.42 Å². The number of fused-ring (bicyclic) bond motifs is 2. The SMILES string of the molecule is CCC(C)CC(=O)OC1C=C2C(COC(=O)CC(C)(C)O)=COC(OC(=O)CC(C)C)C2C12CO2. The summed E-state index contributed by atoms with van der Waals surface area (Å²) in [7, 11) is 0. The number of epoxide rings is 1. The topological polar surface area (TPSA) is 121 Å². The van der Waals surface area contributed by atoms with Gasteiger partial charge in [0.15, 0.2) is 6.10 Å². The van der Waals surface area contributed by atoms with Crippen LogP contribution >= 0.6 is 0 Å². The zero-order valence-electron chi connectivity index (χ0n) is 21.5. The standard InChI is InChI=1S/C26H38O9/c1-7-16(4)9-21(28)34-19-10-18-17(12-31-22(29)11-25(5,6)30)13-32-24(23(18)26(19)14-33-26)35-20(27)8-15(2)3/h10,13,15-16,19,23-24,30H,7-9,11-12,14H2,1-6H3. The number of aliphatic hydroxyl groups is 1. The predicted molar refractivity (Wildman–Crippen MR) is 125 cm³/mol. The third-order valence-electron chi connectivity index (χ3n) is 6.40. The Morgan fingerprint density at radius 3 is 2.37 bits per heavy atom. The van der Waals surface area contributed by atoms with Crippen molar-refractivity contribution >= 4 is 17.9 Å². The van der Waals surface area contributed by atoms with Gasteiger partial charge in [0.25, 0.3) is 6.29 Å². The summed E-state index contributed by atoms with van der Waals surface area (Å²) < 4.78 is 28.5. The van der Waals surface area contributed by atoms with Gasteiger partial charge >= 0.3 is 17.9 Å². The van der Waals surface area contributed by atoms with E-state index in [1.54, 1.807) is 6.08 Å². The minimum absolute atomic E-state index is 0.104. The number of hydrogen-bond acceptors (Lipinski definition) is 9. The maximum absolute atomic E-state index is 12.6. The van der Waals surface area contributed by atoms with Crippen molar-refractivity contribution in [3.8, 4) is 0 Å². The molecule has 0 saturated carbocycles. The van der Waals surface area contributed by atoms with Gasteiger partial charge in [-0.15, -0.1) is 0 Å². The highest BCUT2D eigenvalue weighted by molar-refractivity contribution is 5.72. The molecule has 5 unspecified atom stereocenters. The van der Waals surface area contributed by atoms with Gasteiger partial charge < -0.3 is 28.8 Å². The summed E-state index contributed by atoms with van der Waals surface area (Å²) in [5.41, 5.74) is -0.820. The van der Waals surface area contributed by atoms with Crippen LogP contribution in [-0.2, 0) is 38.1 Å². The van der Waals surface area contributed by atoms with E-state index in [1.165, 1.54) is 20.1 Å². The molecule has 35 heavy (non-hydrogen) atoms. The third-order valence-corrected chi connectivity index (χ3v) is 6.40. The molecule has 3 aliphatic rings. The van der Waals surface area contributed by atoms with Gasteiger partial charge in [-0.25, -0.2) is 0 Å². The average molecular weight is 495 g/mol. The lowest BCUT2D eigenvalue weighted by Gasteiger charge is -2.33. The number of carbonyl (C=O) groups excluding carboxylic acids is 3. The molecule has 5 atom stereocenters.